The van der Waals surface area contributed by atoms with Crippen LogP contribution in [-0.2, 0) is 0 Å². The van der Waals surface area contributed by atoms with Gasteiger partial charge in [-0.1, -0.05) is 6.58 Å². The molecule has 1 aliphatic rings. The van der Waals surface area contributed by atoms with Crippen molar-refractivity contribution in [2.45, 2.75) is 19.3 Å². The number of hydrogen-bond donors (Lipinski definition) is 1. The molecule has 0 aromatic carbocycles. The maximum Gasteiger partial charge on any atom is 0.102 e. The molecule has 1 N–H and O–H groups in total. The van der Waals surface area contributed by atoms with Crippen LogP contribution in [0.4, 0.5) is 0 Å². The molecule has 0 aromatic heterocycles. The maximum absolute atomic E-state index is 8.96. The molecule has 1 aliphatic heterocycles. The van der Waals surface area contributed by atoms with Crippen LogP contribution in [0.3, 0.4) is 0 Å². The van der Waals surface area contributed by atoms with Gasteiger partial charge in [-0.05, 0) is 25.3 Å². The average molecular weight is 206 g/mol. The van der Waals surface area contributed by atoms with E-state index < -0.39 is 0 Å². The Balaban J connectivity index is 0.00000144. The molecule has 3 heteroatoms. The van der Waals surface area contributed by atoms with Crippen LogP contribution < -0.4 is 12.4 Å². The Morgan fingerprint density at radius 1 is 1.23 bits per heavy atom. The largest absolute Gasteiger partial charge is 1.00 e. The molecule has 2 nitrogen and oxygen atoms in total. The number of rotatable bonds is 4. The van der Waals surface area contributed by atoms with Crippen molar-refractivity contribution in [3.63, 3.8) is 0 Å². The highest BCUT2D eigenvalue weighted by molar-refractivity contribution is 4.68. The number of likely N-dealkylation sites (tertiary alicyclic amines) is 1. The summed E-state index contributed by atoms with van der Waals surface area (Å²) in [7, 11) is 0. The Hall–Kier alpha value is -0.0500. The molecule has 0 saturated carbocycles. The van der Waals surface area contributed by atoms with Gasteiger partial charge in [0.15, 0.2) is 0 Å². The third kappa shape index (κ3) is 3.67. The molecule has 0 bridgehead atoms. The van der Waals surface area contributed by atoms with Crippen LogP contribution in [0.1, 0.15) is 19.3 Å². The van der Waals surface area contributed by atoms with E-state index in [9.17, 15) is 0 Å². The molecule has 1 heterocycles. The average Bonchev–Trinajstić information content (AvgIpc) is 2.07. The lowest BCUT2D eigenvalue weighted by Gasteiger charge is -2.40. The third-order valence-electron chi connectivity index (χ3n) is 2.86. The summed E-state index contributed by atoms with van der Waals surface area (Å²) in [4.78, 5) is 0. The Labute approximate surface area is 87.2 Å². The highest BCUT2D eigenvalue weighted by Crippen LogP contribution is 2.18. The lowest BCUT2D eigenvalue weighted by molar-refractivity contribution is -0.927. The van der Waals surface area contributed by atoms with Crippen molar-refractivity contribution in [2.75, 3.05) is 32.8 Å². The Bertz CT molecular complexity index is 138. The monoisotopic (exact) mass is 205 g/mol. The van der Waals surface area contributed by atoms with Crippen LogP contribution in [0.2, 0.25) is 0 Å². The van der Waals surface area contributed by atoms with Gasteiger partial charge in [-0.3, -0.25) is 0 Å². The molecule has 1 rings (SSSR count). The number of aliphatic hydroxyl groups excluding tert-OH is 1. The first kappa shape index (κ1) is 12.9. The lowest BCUT2D eigenvalue weighted by atomic mass is 10.1. The Kier molecular flexibility index (Phi) is 6.39. The van der Waals surface area contributed by atoms with E-state index in [4.69, 9.17) is 5.11 Å². The predicted octanol–water partition coefficient (Wildman–Crippen LogP) is -1.83. The second-order valence-electron chi connectivity index (χ2n) is 3.77. The van der Waals surface area contributed by atoms with E-state index in [0.29, 0.717) is 6.61 Å². The van der Waals surface area contributed by atoms with Crippen LogP contribution in [0.15, 0.2) is 12.7 Å². The zero-order valence-corrected chi connectivity index (χ0v) is 8.97. The van der Waals surface area contributed by atoms with Crippen molar-refractivity contribution >= 4 is 0 Å². The molecular weight excluding hydrogens is 186 g/mol. The fraction of sp³-hybridized carbons (Fsp3) is 0.800. The molecule has 0 radical (unpaired) electrons. The molecule has 1 saturated heterocycles. The van der Waals surface area contributed by atoms with Gasteiger partial charge in [0, 0.05) is 0 Å². The summed E-state index contributed by atoms with van der Waals surface area (Å²) in [5.74, 6) is 0. The summed E-state index contributed by atoms with van der Waals surface area (Å²) >= 11 is 0. The van der Waals surface area contributed by atoms with Crippen molar-refractivity contribution in [2.24, 2.45) is 0 Å². The first-order valence-electron chi connectivity index (χ1n) is 4.90. The van der Waals surface area contributed by atoms with E-state index in [-0.39, 0.29) is 12.4 Å². The van der Waals surface area contributed by atoms with Gasteiger partial charge >= 0.3 is 0 Å². The Morgan fingerprint density at radius 3 is 2.31 bits per heavy atom. The van der Waals surface area contributed by atoms with Crippen LogP contribution in [0, 0.1) is 0 Å². The van der Waals surface area contributed by atoms with Gasteiger partial charge in [0.05, 0.1) is 26.2 Å². The normalized spacial score (nSPS) is 20.4. The van der Waals surface area contributed by atoms with Gasteiger partial charge in [0.1, 0.15) is 6.54 Å². The molecule has 13 heavy (non-hydrogen) atoms. The van der Waals surface area contributed by atoms with Gasteiger partial charge in [-0.2, -0.15) is 0 Å². The summed E-state index contributed by atoms with van der Waals surface area (Å²) in [5.41, 5.74) is 0. The molecular formula is C10H20ClNO. The molecule has 0 spiro atoms. The van der Waals surface area contributed by atoms with Gasteiger partial charge in [0.2, 0.25) is 0 Å². The van der Waals surface area contributed by atoms with Crippen molar-refractivity contribution in [3.05, 3.63) is 12.7 Å². The highest BCUT2D eigenvalue weighted by atomic mass is 35.5. The van der Waals surface area contributed by atoms with Gasteiger partial charge in [-0.15, -0.1) is 0 Å². The summed E-state index contributed by atoms with van der Waals surface area (Å²) in [6.07, 6.45) is 5.98. The molecule has 0 aliphatic carbocycles. The minimum Gasteiger partial charge on any atom is -1.00 e. The second kappa shape index (κ2) is 6.41. The van der Waals surface area contributed by atoms with Crippen LogP contribution >= 0.6 is 0 Å². The van der Waals surface area contributed by atoms with Gasteiger partial charge in [0.25, 0.3) is 0 Å². The lowest BCUT2D eigenvalue weighted by Crippen LogP contribution is -3.00. The van der Waals surface area contributed by atoms with Crippen LogP contribution in [0.5, 0.6) is 0 Å². The number of hydrogen-bond acceptors (Lipinski definition) is 1. The van der Waals surface area contributed by atoms with Crippen LogP contribution in [-0.4, -0.2) is 42.4 Å². The standard InChI is InChI=1S/C10H20NO.ClH/c1-2-6-11(9-10-12)7-4-3-5-8-11;/h2,12H,1,3-10H2;1H/q+1;/p-1. The second-order valence-corrected chi connectivity index (χ2v) is 3.77. The summed E-state index contributed by atoms with van der Waals surface area (Å²) in [5, 5.41) is 8.96. The molecule has 0 aromatic rings. The first-order chi connectivity index (χ1) is 5.83. The van der Waals surface area contributed by atoms with Crippen molar-refractivity contribution in [1.82, 2.24) is 0 Å². The number of quaternary nitrogens is 1. The zero-order chi connectivity index (χ0) is 8.86. The summed E-state index contributed by atoms with van der Waals surface area (Å²) in [6.45, 7) is 8.49. The van der Waals surface area contributed by atoms with Crippen molar-refractivity contribution < 1.29 is 22.0 Å². The van der Waals surface area contributed by atoms with E-state index in [1.165, 1.54) is 32.4 Å². The van der Waals surface area contributed by atoms with Gasteiger partial charge < -0.3 is 22.0 Å². The van der Waals surface area contributed by atoms with E-state index in [0.717, 1.165) is 17.6 Å². The number of nitrogens with zero attached hydrogens (tertiary/aromatic N) is 1. The molecule has 0 unspecified atom stereocenters. The fourth-order valence-electron chi connectivity index (χ4n) is 2.17. The SMILES string of the molecule is C=CC[N+]1(CCO)CCCCC1.[Cl-]. The van der Waals surface area contributed by atoms with E-state index in [1.807, 2.05) is 6.08 Å². The summed E-state index contributed by atoms with van der Waals surface area (Å²) in [6, 6.07) is 0. The van der Waals surface area contributed by atoms with Crippen LogP contribution in [0.25, 0.3) is 0 Å². The first-order valence-corrected chi connectivity index (χ1v) is 4.90. The van der Waals surface area contributed by atoms with E-state index in [1.54, 1.807) is 0 Å². The fourth-order valence-corrected chi connectivity index (χ4v) is 2.17. The van der Waals surface area contributed by atoms with Gasteiger partial charge in [-0.25, -0.2) is 0 Å². The third-order valence-corrected chi connectivity index (χ3v) is 2.86. The quantitative estimate of drug-likeness (QED) is 0.423. The van der Waals surface area contributed by atoms with Crippen molar-refractivity contribution in [3.8, 4) is 0 Å². The highest BCUT2D eigenvalue weighted by Gasteiger charge is 2.27. The minimum atomic E-state index is 0. The smallest absolute Gasteiger partial charge is 0.102 e. The number of aliphatic hydroxyl groups is 1. The predicted molar refractivity (Wildman–Crippen MR) is 50.9 cm³/mol. The maximum atomic E-state index is 8.96. The zero-order valence-electron chi connectivity index (χ0n) is 8.21. The van der Waals surface area contributed by atoms with Crippen molar-refractivity contribution in [1.29, 1.82) is 0 Å². The van der Waals surface area contributed by atoms with E-state index >= 15 is 0 Å². The topological polar surface area (TPSA) is 20.2 Å². The van der Waals surface area contributed by atoms with E-state index in [2.05, 4.69) is 6.58 Å². The Morgan fingerprint density at radius 2 is 1.85 bits per heavy atom. The molecule has 0 amide bonds. The number of piperidine rings is 1. The summed E-state index contributed by atoms with van der Waals surface area (Å²) < 4.78 is 1.07. The molecule has 78 valence electrons. The minimum absolute atomic E-state index is 0. The molecule has 0 atom stereocenters. The molecule has 1 fully saturated rings. The number of halogens is 1.